The van der Waals surface area contributed by atoms with Crippen LogP contribution in [0.25, 0.3) is 0 Å². The quantitative estimate of drug-likeness (QED) is 0.555. The third-order valence-corrected chi connectivity index (χ3v) is 2.52. The summed E-state index contributed by atoms with van der Waals surface area (Å²) in [4.78, 5) is 7.27. The first-order chi connectivity index (χ1) is 8.70. The fourth-order valence-electron chi connectivity index (χ4n) is 1.81. The Morgan fingerprint density at radius 2 is 2.22 bits per heavy atom. The van der Waals surface area contributed by atoms with Gasteiger partial charge in [0.25, 0.3) is 0 Å². The van der Waals surface area contributed by atoms with Gasteiger partial charge in [0, 0.05) is 12.4 Å². The third kappa shape index (κ3) is 2.88. The van der Waals surface area contributed by atoms with Crippen LogP contribution in [0.4, 0.5) is 0 Å². The molecule has 0 aliphatic rings. The van der Waals surface area contributed by atoms with Crippen LogP contribution in [0.15, 0.2) is 36.7 Å². The maximum absolute atomic E-state index is 5.67. The zero-order valence-electron chi connectivity index (χ0n) is 10.6. The molecule has 1 aromatic carbocycles. The summed E-state index contributed by atoms with van der Waals surface area (Å²) in [7, 11) is 0. The molecule has 0 saturated heterocycles. The second-order valence-electron chi connectivity index (χ2n) is 4.31. The fraction of sp³-hybridized carbons (Fsp3) is 0.308. The Balaban J connectivity index is 2.26. The van der Waals surface area contributed by atoms with E-state index < -0.39 is 0 Å². The molecule has 1 aromatic heterocycles. The van der Waals surface area contributed by atoms with Crippen molar-refractivity contribution < 1.29 is 4.74 Å². The zero-order chi connectivity index (χ0) is 13.0. The van der Waals surface area contributed by atoms with Crippen molar-refractivity contribution in [2.75, 3.05) is 0 Å². The van der Waals surface area contributed by atoms with Crippen LogP contribution >= 0.6 is 0 Å². The molecular weight excluding hydrogens is 228 g/mol. The minimum absolute atomic E-state index is 0.146. The minimum Gasteiger partial charge on any atom is -0.491 e. The molecule has 2 aromatic rings. The van der Waals surface area contributed by atoms with Crippen LogP contribution in [-0.4, -0.2) is 16.1 Å². The van der Waals surface area contributed by atoms with Crippen molar-refractivity contribution in [1.29, 1.82) is 0 Å². The van der Waals surface area contributed by atoms with Gasteiger partial charge >= 0.3 is 0 Å². The standard InChI is InChI=1S/C13H18N4O/c1-9(2)18-11-5-3-4-10(8-11)12(17-14)13-15-6-7-16-13/h3-9,12,17H,14H2,1-2H3,(H,15,16). The SMILES string of the molecule is CC(C)Oc1cccc(C(NN)c2ncc[nH]2)c1. The first kappa shape index (κ1) is 12.6. The lowest BCUT2D eigenvalue weighted by Crippen LogP contribution is -2.29. The average molecular weight is 246 g/mol. The van der Waals surface area contributed by atoms with Gasteiger partial charge in [0.05, 0.1) is 6.10 Å². The van der Waals surface area contributed by atoms with Crippen molar-refractivity contribution in [3.63, 3.8) is 0 Å². The number of nitrogens with two attached hydrogens (primary N) is 1. The summed E-state index contributed by atoms with van der Waals surface area (Å²) >= 11 is 0. The highest BCUT2D eigenvalue weighted by Gasteiger charge is 2.15. The number of aromatic amines is 1. The highest BCUT2D eigenvalue weighted by atomic mass is 16.5. The molecule has 1 heterocycles. The monoisotopic (exact) mass is 246 g/mol. The van der Waals surface area contributed by atoms with Crippen molar-refractivity contribution >= 4 is 0 Å². The fourth-order valence-corrected chi connectivity index (χ4v) is 1.81. The maximum atomic E-state index is 5.67. The second kappa shape index (κ2) is 5.66. The summed E-state index contributed by atoms with van der Waals surface area (Å²) in [6.07, 6.45) is 3.62. The van der Waals surface area contributed by atoms with Gasteiger partial charge in [-0.05, 0) is 31.5 Å². The third-order valence-electron chi connectivity index (χ3n) is 2.52. The van der Waals surface area contributed by atoms with Gasteiger partial charge in [0.15, 0.2) is 0 Å². The van der Waals surface area contributed by atoms with Crippen molar-refractivity contribution in [3.05, 3.63) is 48.0 Å². The van der Waals surface area contributed by atoms with Crippen LogP contribution in [0.1, 0.15) is 31.3 Å². The molecular formula is C13H18N4O. The van der Waals surface area contributed by atoms with Crippen LogP contribution in [0.2, 0.25) is 0 Å². The van der Waals surface area contributed by atoms with Crippen molar-refractivity contribution in [3.8, 4) is 5.75 Å². The Morgan fingerprint density at radius 1 is 1.39 bits per heavy atom. The van der Waals surface area contributed by atoms with E-state index >= 15 is 0 Å². The lowest BCUT2D eigenvalue weighted by Gasteiger charge is -2.16. The molecule has 5 heteroatoms. The summed E-state index contributed by atoms with van der Waals surface area (Å²) in [6.45, 7) is 4.00. The summed E-state index contributed by atoms with van der Waals surface area (Å²) in [5, 5.41) is 0. The summed E-state index contributed by atoms with van der Waals surface area (Å²) in [5.74, 6) is 7.20. The van der Waals surface area contributed by atoms with E-state index in [0.29, 0.717) is 0 Å². The van der Waals surface area contributed by atoms with Crippen LogP contribution in [-0.2, 0) is 0 Å². The highest BCUT2D eigenvalue weighted by Crippen LogP contribution is 2.23. The molecule has 1 unspecified atom stereocenters. The molecule has 0 amide bonds. The van der Waals surface area contributed by atoms with Crippen molar-refractivity contribution in [2.24, 2.45) is 5.84 Å². The molecule has 0 aliphatic heterocycles. The number of H-pyrrole nitrogens is 1. The number of nitrogens with one attached hydrogen (secondary N) is 2. The summed E-state index contributed by atoms with van der Waals surface area (Å²) in [5.41, 5.74) is 3.76. The number of benzene rings is 1. The largest absolute Gasteiger partial charge is 0.491 e. The normalized spacial score (nSPS) is 12.7. The molecule has 4 N–H and O–H groups in total. The van der Waals surface area contributed by atoms with E-state index in [-0.39, 0.29) is 12.1 Å². The molecule has 96 valence electrons. The van der Waals surface area contributed by atoms with E-state index in [9.17, 15) is 0 Å². The Bertz CT molecular complexity index is 481. The summed E-state index contributed by atoms with van der Waals surface area (Å²) in [6, 6.07) is 7.66. The van der Waals surface area contributed by atoms with Gasteiger partial charge in [-0.25, -0.2) is 10.4 Å². The maximum Gasteiger partial charge on any atom is 0.129 e. The van der Waals surface area contributed by atoms with Gasteiger partial charge in [-0.15, -0.1) is 0 Å². The van der Waals surface area contributed by atoms with E-state index in [1.54, 1.807) is 12.4 Å². The van der Waals surface area contributed by atoms with E-state index in [1.807, 2.05) is 38.1 Å². The number of hydrogen-bond donors (Lipinski definition) is 3. The predicted octanol–water partition coefficient (Wildman–Crippen LogP) is 1.75. The molecule has 0 aliphatic carbocycles. The van der Waals surface area contributed by atoms with Crippen LogP contribution in [0, 0.1) is 0 Å². The lowest BCUT2D eigenvalue weighted by atomic mass is 10.1. The highest BCUT2D eigenvalue weighted by molar-refractivity contribution is 5.33. The van der Waals surface area contributed by atoms with Gasteiger partial charge in [-0.1, -0.05) is 12.1 Å². The van der Waals surface area contributed by atoms with E-state index in [4.69, 9.17) is 10.6 Å². The molecule has 18 heavy (non-hydrogen) atoms. The number of hydrogen-bond acceptors (Lipinski definition) is 4. The Morgan fingerprint density at radius 3 is 2.83 bits per heavy atom. The number of hydrazine groups is 1. The Hall–Kier alpha value is -1.85. The number of nitrogens with zero attached hydrogens (tertiary/aromatic N) is 1. The predicted molar refractivity (Wildman–Crippen MR) is 70.0 cm³/mol. The first-order valence-corrected chi connectivity index (χ1v) is 5.92. The molecule has 1 atom stereocenters. The molecule has 0 radical (unpaired) electrons. The smallest absolute Gasteiger partial charge is 0.129 e. The lowest BCUT2D eigenvalue weighted by molar-refractivity contribution is 0.242. The molecule has 0 saturated carbocycles. The second-order valence-corrected chi connectivity index (χ2v) is 4.31. The van der Waals surface area contributed by atoms with Crippen molar-refractivity contribution in [2.45, 2.75) is 26.0 Å². The van der Waals surface area contributed by atoms with Gasteiger partial charge in [0.1, 0.15) is 17.6 Å². The number of ether oxygens (including phenoxy) is 1. The number of imidazole rings is 1. The zero-order valence-corrected chi connectivity index (χ0v) is 10.6. The molecule has 0 spiro atoms. The first-order valence-electron chi connectivity index (χ1n) is 5.92. The topological polar surface area (TPSA) is 76.0 Å². The van der Waals surface area contributed by atoms with Crippen molar-refractivity contribution in [1.82, 2.24) is 15.4 Å². The summed E-state index contributed by atoms with van der Waals surface area (Å²) < 4.78 is 5.67. The average Bonchev–Trinajstić information content (AvgIpc) is 2.83. The van der Waals surface area contributed by atoms with E-state index in [2.05, 4.69) is 15.4 Å². The molecule has 5 nitrogen and oxygen atoms in total. The Kier molecular flexibility index (Phi) is 3.96. The van der Waals surface area contributed by atoms with E-state index in [0.717, 1.165) is 17.1 Å². The molecule has 0 bridgehead atoms. The van der Waals surface area contributed by atoms with Crippen LogP contribution in [0.5, 0.6) is 5.75 Å². The number of rotatable bonds is 5. The van der Waals surface area contributed by atoms with E-state index in [1.165, 1.54) is 0 Å². The van der Waals surface area contributed by atoms with Crippen LogP contribution in [0.3, 0.4) is 0 Å². The molecule has 0 fully saturated rings. The van der Waals surface area contributed by atoms with Gasteiger partial charge < -0.3 is 9.72 Å². The van der Waals surface area contributed by atoms with Crippen LogP contribution < -0.4 is 16.0 Å². The number of aromatic nitrogens is 2. The van der Waals surface area contributed by atoms with Gasteiger partial charge in [-0.2, -0.15) is 0 Å². The van der Waals surface area contributed by atoms with Gasteiger partial charge in [-0.3, -0.25) is 5.84 Å². The molecule has 2 rings (SSSR count). The minimum atomic E-state index is -0.171. The Labute approximate surface area is 106 Å². The van der Waals surface area contributed by atoms with Gasteiger partial charge in [0.2, 0.25) is 0 Å².